The molecule has 3 heterocycles. The molecule has 45 heavy (non-hydrogen) atoms. The van der Waals surface area contributed by atoms with Gasteiger partial charge in [0.25, 0.3) is 11.8 Å². The number of benzene rings is 2. The summed E-state index contributed by atoms with van der Waals surface area (Å²) in [5, 5.41) is 14.1. The van der Waals surface area contributed by atoms with Gasteiger partial charge in [0.05, 0.1) is 19.0 Å². The SMILES string of the molecule is COc1ccc(C(=O)NCc2cccnc2)cc1C(=O)NCc1cccnc1.O=C(O)/C=C/c1ccc(Cn2ccnc2)cc1. The molecule has 2 amide bonds. The standard InChI is InChI=1S/C21H20N4O3.C13H12N2O2/c1-28-19-7-6-17(20(26)24-13-15-4-2-8-22-11-15)10-18(19)21(27)25-14-16-5-3-9-23-12-16;16-13(17)6-5-11-1-3-12(4-2-11)9-15-8-7-14-10-15/h2-12H,13-14H2,1H3,(H,24,26)(H,25,27);1-8,10H,9H2,(H,16,17)/b;6-5+. The van der Waals surface area contributed by atoms with Gasteiger partial charge in [-0.05, 0) is 58.7 Å². The summed E-state index contributed by atoms with van der Waals surface area (Å²) in [5.41, 5.74) is 4.45. The van der Waals surface area contributed by atoms with Gasteiger partial charge in [0.2, 0.25) is 0 Å². The molecule has 0 unspecified atom stereocenters. The fourth-order valence-corrected chi connectivity index (χ4v) is 4.09. The molecule has 11 heteroatoms. The van der Waals surface area contributed by atoms with Gasteiger partial charge in [-0.2, -0.15) is 0 Å². The topological polar surface area (TPSA) is 148 Å². The lowest BCUT2D eigenvalue weighted by atomic mass is 10.1. The molecule has 5 aromatic rings. The molecule has 0 aliphatic heterocycles. The van der Waals surface area contributed by atoms with Crippen molar-refractivity contribution in [1.29, 1.82) is 0 Å². The number of nitrogens with one attached hydrogen (secondary N) is 2. The maximum Gasteiger partial charge on any atom is 0.328 e. The minimum Gasteiger partial charge on any atom is -0.496 e. The van der Waals surface area contributed by atoms with Gasteiger partial charge in [-0.3, -0.25) is 19.6 Å². The normalized spacial score (nSPS) is 10.4. The van der Waals surface area contributed by atoms with E-state index in [9.17, 15) is 14.4 Å². The number of amides is 2. The van der Waals surface area contributed by atoms with Crippen LogP contribution in [0.25, 0.3) is 6.08 Å². The van der Waals surface area contributed by atoms with Crippen molar-refractivity contribution in [3.05, 3.63) is 150 Å². The number of methoxy groups -OCH3 is 1. The van der Waals surface area contributed by atoms with Crippen LogP contribution in [0.2, 0.25) is 0 Å². The second-order valence-corrected chi connectivity index (χ2v) is 9.65. The monoisotopic (exact) mass is 604 g/mol. The highest BCUT2D eigenvalue weighted by atomic mass is 16.5. The number of rotatable bonds is 11. The highest BCUT2D eigenvalue weighted by molar-refractivity contribution is 6.01. The van der Waals surface area contributed by atoms with E-state index in [0.29, 0.717) is 30.0 Å². The molecule has 0 radical (unpaired) electrons. The summed E-state index contributed by atoms with van der Waals surface area (Å²) in [6.45, 7) is 1.44. The van der Waals surface area contributed by atoms with Crippen molar-refractivity contribution in [1.82, 2.24) is 30.2 Å². The van der Waals surface area contributed by atoms with Gasteiger partial charge in [0.15, 0.2) is 0 Å². The van der Waals surface area contributed by atoms with Gasteiger partial charge in [-0.25, -0.2) is 9.78 Å². The maximum absolute atomic E-state index is 12.6. The summed E-state index contributed by atoms with van der Waals surface area (Å²) in [6.07, 6.45) is 14.8. The Morgan fingerprint density at radius 3 is 2.04 bits per heavy atom. The summed E-state index contributed by atoms with van der Waals surface area (Å²) >= 11 is 0. The third-order valence-corrected chi connectivity index (χ3v) is 6.38. The van der Waals surface area contributed by atoms with Crippen LogP contribution in [0, 0.1) is 0 Å². The van der Waals surface area contributed by atoms with Crippen LogP contribution >= 0.6 is 0 Å². The number of hydrogen-bond donors (Lipinski definition) is 3. The van der Waals surface area contributed by atoms with Gasteiger partial charge in [0.1, 0.15) is 5.75 Å². The van der Waals surface area contributed by atoms with E-state index < -0.39 is 5.97 Å². The Labute approximate surface area is 260 Å². The molecule has 11 nitrogen and oxygen atoms in total. The minimum absolute atomic E-state index is 0.284. The fourth-order valence-electron chi connectivity index (χ4n) is 4.09. The largest absolute Gasteiger partial charge is 0.496 e. The van der Waals surface area contributed by atoms with Crippen LogP contribution in [-0.2, 0) is 24.4 Å². The second kappa shape index (κ2) is 16.5. The first-order valence-electron chi connectivity index (χ1n) is 13.9. The number of nitrogens with zero attached hydrogens (tertiary/aromatic N) is 4. The molecule has 0 bridgehead atoms. The van der Waals surface area contributed by atoms with Gasteiger partial charge < -0.3 is 25.0 Å². The fraction of sp³-hybridized carbons (Fsp3) is 0.118. The van der Waals surface area contributed by atoms with Crippen LogP contribution in [0.1, 0.15) is 43.0 Å². The number of imidazole rings is 1. The van der Waals surface area contributed by atoms with Crippen molar-refractivity contribution < 1.29 is 24.2 Å². The predicted octanol–water partition coefficient (Wildman–Crippen LogP) is 4.37. The van der Waals surface area contributed by atoms with E-state index in [-0.39, 0.29) is 11.8 Å². The van der Waals surface area contributed by atoms with Crippen molar-refractivity contribution in [3.63, 3.8) is 0 Å². The number of carbonyl (C=O) groups is 3. The molecule has 0 saturated carbocycles. The molecule has 228 valence electrons. The molecule has 0 atom stereocenters. The maximum atomic E-state index is 12.6. The van der Waals surface area contributed by atoms with E-state index in [4.69, 9.17) is 9.84 Å². The highest BCUT2D eigenvalue weighted by Gasteiger charge is 2.16. The van der Waals surface area contributed by atoms with Crippen molar-refractivity contribution in [3.8, 4) is 5.75 Å². The molecule has 0 fully saturated rings. The first-order chi connectivity index (χ1) is 21.9. The predicted molar refractivity (Wildman–Crippen MR) is 168 cm³/mol. The van der Waals surface area contributed by atoms with Crippen LogP contribution in [0.15, 0.2) is 116 Å². The number of hydrogen-bond acceptors (Lipinski definition) is 7. The van der Waals surface area contributed by atoms with E-state index in [2.05, 4.69) is 25.6 Å². The van der Waals surface area contributed by atoms with E-state index in [1.165, 1.54) is 13.2 Å². The quantitative estimate of drug-likeness (QED) is 0.188. The van der Waals surface area contributed by atoms with Gasteiger partial charge in [-0.1, -0.05) is 36.4 Å². The van der Waals surface area contributed by atoms with Crippen molar-refractivity contribution in [2.24, 2.45) is 0 Å². The lowest BCUT2D eigenvalue weighted by Gasteiger charge is -2.12. The Balaban J connectivity index is 0.000000231. The number of carboxylic acid groups (broad SMARTS) is 1. The summed E-state index contributed by atoms with van der Waals surface area (Å²) in [5.74, 6) is -1.16. The molecular weight excluding hydrogens is 572 g/mol. The van der Waals surface area contributed by atoms with E-state index in [1.807, 2.05) is 47.2 Å². The van der Waals surface area contributed by atoms with Crippen LogP contribution in [0.3, 0.4) is 0 Å². The number of aliphatic carboxylic acids is 1. The summed E-state index contributed by atoms with van der Waals surface area (Å²) in [6, 6.07) is 19.8. The van der Waals surface area contributed by atoms with Crippen LogP contribution in [-0.4, -0.2) is 49.5 Å². The second-order valence-electron chi connectivity index (χ2n) is 9.65. The van der Waals surface area contributed by atoms with Crippen molar-refractivity contribution in [2.75, 3.05) is 7.11 Å². The Morgan fingerprint density at radius 2 is 1.49 bits per heavy atom. The van der Waals surface area contributed by atoms with E-state index in [0.717, 1.165) is 34.9 Å². The van der Waals surface area contributed by atoms with Gasteiger partial charge in [0, 0.05) is 68.5 Å². The lowest BCUT2D eigenvalue weighted by molar-refractivity contribution is -0.131. The average molecular weight is 605 g/mol. The molecule has 0 saturated heterocycles. The molecule has 3 N–H and O–H groups in total. The number of ether oxygens (including phenoxy) is 1. The number of carboxylic acids is 1. The molecule has 0 spiro atoms. The van der Waals surface area contributed by atoms with E-state index >= 15 is 0 Å². The molecular formula is C34H32N6O5. The van der Waals surface area contributed by atoms with Crippen molar-refractivity contribution >= 4 is 23.9 Å². The van der Waals surface area contributed by atoms with Crippen molar-refractivity contribution in [2.45, 2.75) is 19.6 Å². The number of carbonyl (C=O) groups excluding carboxylic acids is 2. The number of aromatic nitrogens is 4. The first kappa shape index (κ1) is 31.8. The highest BCUT2D eigenvalue weighted by Crippen LogP contribution is 2.20. The first-order valence-corrected chi connectivity index (χ1v) is 13.9. The zero-order chi connectivity index (χ0) is 31.9. The summed E-state index contributed by atoms with van der Waals surface area (Å²) < 4.78 is 7.24. The van der Waals surface area contributed by atoms with Gasteiger partial charge in [-0.15, -0.1) is 0 Å². The molecule has 5 rings (SSSR count). The van der Waals surface area contributed by atoms with E-state index in [1.54, 1.807) is 67.7 Å². The average Bonchev–Trinajstić information content (AvgIpc) is 3.60. The zero-order valence-electron chi connectivity index (χ0n) is 24.5. The minimum atomic E-state index is -0.938. The lowest BCUT2D eigenvalue weighted by Crippen LogP contribution is -2.26. The molecule has 2 aromatic carbocycles. The smallest absolute Gasteiger partial charge is 0.328 e. The summed E-state index contributed by atoms with van der Waals surface area (Å²) in [4.78, 5) is 47.4. The molecule has 0 aliphatic rings. The Bertz CT molecular complexity index is 1710. The number of pyridine rings is 2. The Morgan fingerprint density at radius 1 is 0.822 bits per heavy atom. The van der Waals surface area contributed by atoms with Crippen LogP contribution in [0.4, 0.5) is 0 Å². The third kappa shape index (κ3) is 10.3. The van der Waals surface area contributed by atoms with Gasteiger partial charge >= 0.3 is 5.97 Å². The summed E-state index contributed by atoms with van der Waals surface area (Å²) in [7, 11) is 1.48. The zero-order valence-corrected chi connectivity index (χ0v) is 24.5. The molecule has 0 aliphatic carbocycles. The van der Waals surface area contributed by atoms with Crippen LogP contribution < -0.4 is 15.4 Å². The Hall–Kier alpha value is -6.10. The Kier molecular flexibility index (Phi) is 11.7. The molecule has 3 aromatic heterocycles. The third-order valence-electron chi connectivity index (χ3n) is 6.38. The van der Waals surface area contributed by atoms with Crippen LogP contribution in [0.5, 0.6) is 5.75 Å².